The van der Waals surface area contributed by atoms with Crippen LogP contribution >= 0.6 is 23.6 Å². The smallest absolute Gasteiger partial charge is 0.293 e. The van der Waals surface area contributed by atoms with Crippen molar-refractivity contribution in [2.45, 2.75) is 0 Å². The Morgan fingerprint density at radius 3 is 2.63 bits per heavy atom. The molecule has 2 aromatic heterocycles. The number of benzene rings is 3. The van der Waals surface area contributed by atoms with Crippen LogP contribution in [0.2, 0.25) is 0 Å². The van der Waals surface area contributed by atoms with E-state index in [9.17, 15) is 14.9 Å². The van der Waals surface area contributed by atoms with Gasteiger partial charge in [0.15, 0.2) is 10.9 Å². The Hall–Kier alpha value is -4.41. The summed E-state index contributed by atoms with van der Waals surface area (Å²) < 4.78 is 6.69. The topological polar surface area (TPSA) is 110 Å². The molecule has 5 rings (SSSR count). The number of nitro groups is 1. The van der Waals surface area contributed by atoms with Gasteiger partial charge in [-0.2, -0.15) is 0 Å². The number of thiazole rings is 1. The molecule has 172 valence electrons. The molecule has 1 amide bonds. The fraction of sp³-hybridized carbons (Fsp3) is 0. The van der Waals surface area contributed by atoms with Crippen LogP contribution in [0.25, 0.3) is 32.1 Å². The molecule has 35 heavy (non-hydrogen) atoms. The lowest BCUT2D eigenvalue weighted by molar-refractivity contribution is -0.384. The number of fused-ring (bicyclic) bond motifs is 1. The number of carbonyl (C=O) groups is 1. The van der Waals surface area contributed by atoms with Crippen molar-refractivity contribution in [2.75, 3.05) is 5.32 Å². The van der Waals surface area contributed by atoms with Gasteiger partial charge in [-0.3, -0.25) is 20.2 Å². The van der Waals surface area contributed by atoms with Gasteiger partial charge < -0.3 is 9.73 Å². The predicted octanol–water partition coefficient (Wildman–Crippen LogP) is 6.26. The van der Waals surface area contributed by atoms with Crippen LogP contribution in [0.5, 0.6) is 0 Å². The molecule has 0 unspecified atom stereocenters. The van der Waals surface area contributed by atoms with E-state index in [0.29, 0.717) is 17.0 Å². The van der Waals surface area contributed by atoms with E-state index in [0.717, 1.165) is 20.8 Å². The molecule has 3 aromatic carbocycles. The van der Waals surface area contributed by atoms with Crippen LogP contribution in [0.15, 0.2) is 89.3 Å². The van der Waals surface area contributed by atoms with Crippen molar-refractivity contribution < 1.29 is 14.1 Å². The van der Waals surface area contributed by atoms with Crippen LogP contribution in [0.1, 0.15) is 10.6 Å². The lowest BCUT2D eigenvalue weighted by Crippen LogP contribution is -2.34. The fourth-order valence-electron chi connectivity index (χ4n) is 3.47. The van der Waals surface area contributed by atoms with E-state index in [-0.39, 0.29) is 16.6 Å². The Balaban J connectivity index is 1.31. The van der Waals surface area contributed by atoms with Crippen LogP contribution in [-0.4, -0.2) is 20.9 Å². The maximum absolute atomic E-state index is 12.7. The molecule has 0 fully saturated rings. The second-order valence-electron chi connectivity index (χ2n) is 7.41. The van der Waals surface area contributed by atoms with Gasteiger partial charge in [0.25, 0.3) is 11.6 Å². The number of hydrogen-bond acceptors (Lipinski definition) is 7. The van der Waals surface area contributed by atoms with E-state index in [4.69, 9.17) is 21.6 Å². The third-order valence-corrected chi connectivity index (χ3v) is 6.37. The van der Waals surface area contributed by atoms with Gasteiger partial charge in [0, 0.05) is 23.3 Å². The van der Waals surface area contributed by atoms with Crippen LogP contribution < -0.4 is 10.6 Å². The average Bonchev–Trinajstić information content (AvgIpc) is 3.52. The molecule has 0 saturated carbocycles. The molecule has 0 atom stereocenters. The standard InChI is InChI=1S/C25H16N4O4S2/c30-23(21-13-12-20(33-21)15-6-5-7-16(14-15)29(31)32)28-25(34)27-18-9-2-1-8-17(18)24-26-19-10-3-4-11-22(19)35-24/h1-14H,(H2,27,28,30,34). The van der Waals surface area contributed by atoms with E-state index in [1.54, 1.807) is 29.5 Å². The number of hydrogen-bond donors (Lipinski definition) is 2. The van der Waals surface area contributed by atoms with Crippen LogP contribution in [0.4, 0.5) is 11.4 Å². The lowest BCUT2D eigenvalue weighted by Gasteiger charge is -2.11. The summed E-state index contributed by atoms with van der Waals surface area (Å²) in [5.41, 5.74) is 2.89. The summed E-state index contributed by atoms with van der Waals surface area (Å²) >= 11 is 6.92. The average molecular weight is 501 g/mol. The van der Waals surface area contributed by atoms with Crippen molar-refractivity contribution >= 4 is 56.2 Å². The summed E-state index contributed by atoms with van der Waals surface area (Å²) in [6.07, 6.45) is 0. The Labute approximate surface area is 208 Å². The highest BCUT2D eigenvalue weighted by atomic mass is 32.1. The highest BCUT2D eigenvalue weighted by Crippen LogP contribution is 2.34. The number of nitrogens with one attached hydrogen (secondary N) is 2. The summed E-state index contributed by atoms with van der Waals surface area (Å²) in [5.74, 6) is -0.189. The van der Waals surface area contributed by atoms with Crippen LogP contribution in [0, 0.1) is 10.1 Å². The van der Waals surface area contributed by atoms with E-state index in [1.807, 2.05) is 48.5 Å². The minimum atomic E-state index is -0.545. The maximum atomic E-state index is 12.7. The van der Waals surface area contributed by atoms with Crippen molar-refractivity contribution in [3.05, 3.63) is 101 Å². The summed E-state index contributed by atoms with van der Waals surface area (Å²) in [6, 6.07) is 24.5. The highest BCUT2D eigenvalue weighted by Gasteiger charge is 2.17. The van der Waals surface area contributed by atoms with E-state index >= 15 is 0 Å². The largest absolute Gasteiger partial charge is 0.451 e. The van der Waals surface area contributed by atoms with Gasteiger partial charge in [-0.1, -0.05) is 36.4 Å². The predicted molar refractivity (Wildman–Crippen MR) is 140 cm³/mol. The Morgan fingerprint density at radius 2 is 1.80 bits per heavy atom. The molecule has 2 N–H and O–H groups in total. The normalized spacial score (nSPS) is 10.7. The van der Waals surface area contributed by atoms with Crippen LogP contribution in [-0.2, 0) is 0 Å². The van der Waals surface area contributed by atoms with E-state index in [1.165, 1.54) is 18.2 Å². The van der Waals surface area contributed by atoms with Gasteiger partial charge in [0.1, 0.15) is 10.8 Å². The quantitative estimate of drug-likeness (QED) is 0.166. The van der Waals surface area contributed by atoms with Gasteiger partial charge in [0.05, 0.1) is 20.8 Å². The first-order valence-electron chi connectivity index (χ1n) is 10.4. The number of para-hydroxylation sites is 2. The van der Waals surface area contributed by atoms with Crippen molar-refractivity contribution in [3.63, 3.8) is 0 Å². The number of carbonyl (C=O) groups excluding carboxylic acids is 1. The number of furan rings is 1. The third kappa shape index (κ3) is 4.79. The second-order valence-corrected chi connectivity index (χ2v) is 8.85. The first-order chi connectivity index (χ1) is 17.0. The van der Waals surface area contributed by atoms with Crippen molar-refractivity contribution in [1.82, 2.24) is 10.3 Å². The first-order valence-corrected chi connectivity index (χ1v) is 11.6. The highest BCUT2D eigenvalue weighted by molar-refractivity contribution is 7.80. The zero-order valence-electron chi connectivity index (χ0n) is 17.9. The van der Waals surface area contributed by atoms with Crippen molar-refractivity contribution in [2.24, 2.45) is 0 Å². The number of anilines is 1. The van der Waals surface area contributed by atoms with Gasteiger partial charge in [0.2, 0.25) is 0 Å². The lowest BCUT2D eigenvalue weighted by atomic mass is 10.1. The molecule has 10 heteroatoms. The minimum Gasteiger partial charge on any atom is -0.451 e. The molecule has 0 spiro atoms. The number of thiocarbonyl (C=S) groups is 1. The molecule has 0 radical (unpaired) electrons. The van der Waals surface area contributed by atoms with Crippen LogP contribution in [0.3, 0.4) is 0 Å². The second kappa shape index (κ2) is 9.45. The van der Waals surface area contributed by atoms with Crippen molar-refractivity contribution in [3.8, 4) is 21.9 Å². The minimum absolute atomic E-state index is 0.0233. The molecule has 8 nitrogen and oxygen atoms in total. The molecule has 5 aromatic rings. The van der Waals surface area contributed by atoms with E-state index < -0.39 is 10.8 Å². The molecule has 2 heterocycles. The molecule has 0 aliphatic heterocycles. The number of aromatic nitrogens is 1. The summed E-state index contributed by atoms with van der Waals surface area (Å²) in [4.78, 5) is 27.9. The SMILES string of the molecule is O=C(NC(=S)Nc1ccccc1-c1nc2ccccc2s1)c1ccc(-c2cccc([N+](=O)[O-])c2)o1. The molecular weight excluding hydrogens is 484 g/mol. The first kappa shape index (κ1) is 22.4. The summed E-state index contributed by atoms with van der Waals surface area (Å²) in [6.45, 7) is 0. The van der Waals surface area contributed by atoms with Gasteiger partial charge in [-0.25, -0.2) is 4.98 Å². The Bertz CT molecular complexity index is 1560. The number of rotatable bonds is 5. The van der Waals surface area contributed by atoms with Crippen molar-refractivity contribution in [1.29, 1.82) is 0 Å². The van der Waals surface area contributed by atoms with Gasteiger partial charge >= 0.3 is 0 Å². The monoisotopic (exact) mass is 500 g/mol. The summed E-state index contributed by atoms with van der Waals surface area (Å²) in [5, 5.41) is 17.6. The molecule has 0 bridgehead atoms. The third-order valence-electron chi connectivity index (χ3n) is 5.10. The number of non-ortho nitro benzene ring substituents is 1. The molecular formula is C25H16N4O4S2. The zero-order valence-corrected chi connectivity index (χ0v) is 19.6. The zero-order chi connectivity index (χ0) is 24.4. The Kier molecular flexibility index (Phi) is 6.04. The molecule has 0 saturated heterocycles. The van der Waals surface area contributed by atoms with Gasteiger partial charge in [-0.15, -0.1) is 11.3 Å². The summed E-state index contributed by atoms with van der Waals surface area (Å²) in [7, 11) is 0. The Morgan fingerprint density at radius 1 is 1.00 bits per heavy atom. The maximum Gasteiger partial charge on any atom is 0.293 e. The van der Waals surface area contributed by atoms with Gasteiger partial charge in [-0.05, 0) is 48.6 Å². The number of amides is 1. The number of nitrogens with zero attached hydrogens (tertiary/aromatic N) is 2. The molecule has 0 aliphatic carbocycles. The molecule has 0 aliphatic rings. The number of nitro benzene ring substituents is 1. The van der Waals surface area contributed by atoms with E-state index in [2.05, 4.69) is 10.6 Å². The fourth-order valence-corrected chi connectivity index (χ4v) is 4.68.